The molecule has 0 atom stereocenters. The van der Waals surface area contributed by atoms with Crippen LogP contribution in [0.4, 0.5) is 28.4 Å². The molecule has 28 heavy (non-hydrogen) atoms. The van der Waals surface area contributed by atoms with Crippen molar-refractivity contribution >= 4 is 28.4 Å². The van der Waals surface area contributed by atoms with E-state index in [9.17, 15) is 0 Å². The summed E-state index contributed by atoms with van der Waals surface area (Å²) >= 11 is 0. The lowest BCUT2D eigenvalue weighted by molar-refractivity contribution is 1.23. The van der Waals surface area contributed by atoms with Gasteiger partial charge in [-0.25, -0.2) is 0 Å². The fourth-order valence-corrected chi connectivity index (χ4v) is 3.42. The molecule has 0 aliphatic rings. The van der Waals surface area contributed by atoms with Crippen LogP contribution < -0.4 is 10.2 Å². The second-order valence-electron chi connectivity index (χ2n) is 6.95. The number of para-hydroxylation sites is 3. The Kier molecular flexibility index (Phi) is 5.11. The number of rotatable bonds is 5. The van der Waals surface area contributed by atoms with Crippen molar-refractivity contribution < 1.29 is 0 Å². The molecule has 0 radical (unpaired) electrons. The Hall–Kier alpha value is -3.52. The summed E-state index contributed by atoms with van der Waals surface area (Å²) in [5.41, 5.74) is 8.19. The highest BCUT2D eigenvalue weighted by Crippen LogP contribution is 2.38. The lowest BCUT2D eigenvalue weighted by Crippen LogP contribution is -2.12. The number of nitrogens with one attached hydrogen (secondary N) is 1. The van der Waals surface area contributed by atoms with E-state index in [1.54, 1.807) is 0 Å². The Bertz CT molecular complexity index is 1010. The van der Waals surface area contributed by atoms with Crippen LogP contribution >= 0.6 is 0 Å². The van der Waals surface area contributed by atoms with E-state index in [1.807, 2.05) is 18.2 Å². The molecule has 0 unspecified atom stereocenters. The summed E-state index contributed by atoms with van der Waals surface area (Å²) in [6.07, 6.45) is 0. The van der Waals surface area contributed by atoms with Gasteiger partial charge < -0.3 is 10.2 Å². The molecule has 0 saturated heterocycles. The lowest BCUT2D eigenvalue weighted by Gasteiger charge is -2.28. The van der Waals surface area contributed by atoms with Crippen LogP contribution in [-0.4, -0.2) is 0 Å². The molecule has 0 aliphatic carbocycles. The number of hydrogen-bond donors (Lipinski definition) is 1. The van der Waals surface area contributed by atoms with Crippen molar-refractivity contribution in [3.63, 3.8) is 0 Å². The molecule has 0 fully saturated rings. The van der Waals surface area contributed by atoms with Crippen LogP contribution in [-0.2, 0) is 0 Å². The van der Waals surface area contributed by atoms with Crippen LogP contribution in [0.3, 0.4) is 0 Å². The fraction of sp³-hybridized carbons (Fsp3) is 0.0769. The molecule has 4 aromatic carbocycles. The molecule has 0 spiro atoms. The Morgan fingerprint density at radius 2 is 0.964 bits per heavy atom. The summed E-state index contributed by atoms with van der Waals surface area (Å²) in [6.45, 7) is 4.32. The third-order valence-electron chi connectivity index (χ3n) is 4.90. The molecule has 1 N–H and O–H groups in total. The quantitative estimate of drug-likeness (QED) is 0.394. The number of benzene rings is 4. The van der Waals surface area contributed by atoms with Gasteiger partial charge in [0.2, 0.25) is 0 Å². The van der Waals surface area contributed by atoms with Gasteiger partial charge in [-0.2, -0.15) is 0 Å². The first-order valence-corrected chi connectivity index (χ1v) is 9.56. The van der Waals surface area contributed by atoms with Crippen molar-refractivity contribution in [1.29, 1.82) is 0 Å². The molecule has 0 bridgehead atoms. The molecular weight excluding hydrogens is 340 g/mol. The molecule has 0 saturated carbocycles. The van der Waals surface area contributed by atoms with Crippen molar-refractivity contribution in [2.45, 2.75) is 13.8 Å². The second-order valence-corrected chi connectivity index (χ2v) is 6.95. The van der Waals surface area contributed by atoms with Gasteiger partial charge in [-0.05, 0) is 73.5 Å². The molecule has 2 nitrogen and oxygen atoms in total. The minimum Gasteiger partial charge on any atom is -0.356 e. The van der Waals surface area contributed by atoms with Crippen LogP contribution in [0.15, 0.2) is 103 Å². The number of anilines is 5. The van der Waals surface area contributed by atoms with Gasteiger partial charge in [0.05, 0.1) is 0 Å². The number of aryl methyl sites for hydroxylation is 2. The predicted octanol–water partition coefficient (Wildman–Crippen LogP) is 7.52. The first-order chi connectivity index (χ1) is 13.7. The van der Waals surface area contributed by atoms with E-state index in [0.29, 0.717) is 0 Å². The summed E-state index contributed by atoms with van der Waals surface area (Å²) in [5.74, 6) is 0. The van der Waals surface area contributed by atoms with Crippen molar-refractivity contribution in [2.75, 3.05) is 10.2 Å². The third-order valence-corrected chi connectivity index (χ3v) is 4.90. The average molecular weight is 364 g/mol. The summed E-state index contributed by atoms with van der Waals surface area (Å²) in [4.78, 5) is 2.33. The first-order valence-electron chi connectivity index (χ1n) is 9.56. The van der Waals surface area contributed by atoms with Gasteiger partial charge in [-0.15, -0.1) is 0 Å². The first kappa shape index (κ1) is 17.9. The highest BCUT2D eigenvalue weighted by atomic mass is 15.1. The summed E-state index contributed by atoms with van der Waals surface area (Å²) in [6, 6.07) is 35.9. The molecular formula is C26H24N2. The van der Waals surface area contributed by atoms with Gasteiger partial charge >= 0.3 is 0 Å². The minimum atomic E-state index is 1.07. The summed E-state index contributed by atoms with van der Waals surface area (Å²) < 4.78 is 0. The highest BCUT2D eigenvalue weighted by Gasteiger charge is 2.15. The van der Waals surface area contributed by atoms with E-state index in [4.69, 9.17) is 0 Å². The zero-order valence-electron chi connectivity index (χ0n) is 16.3. The Balaban J connectivity index is 1.73. The van der Waals surface area contributed by atoms with Crippen LogP contribution in [0.25, 0.3) is 0 Å². The van der Waals surface area contributed by atoms with Crippen molar-refractivity contribution in [3.8, 4) is 0 Å². The zero-order valence-corrected chi connectivity index (χ0v) is 16.3. The second kappa shape index (κ2) is 8.01. The molecule has 0 amide bonds. The summed E-state index contributed by atoms with van der Waals surface area (Å²) in [5, 5.41) is 3.45. The Morgan fingerprint density at radius 3 is 1.50 bits per heavy atom. The largest absolute Gasteiger partial charge is 0.356 e. The van der Waals surface area contributed by atoms with E-state index < -0.39 is 0 Å². The summed E-state index contributed by atoms with van der Waals surface area (Å²) in [7, 11) is 0. The molecule has 138 valence electrons. The van der Waals surface area contributed by atoms with Crippen LogP contribution in [0.5, 0.6) is 0 Å². The minimum absolute atomic E-state index is 1.07. The van der Waals surface area contributed by atoms with E-state index in [0.717, 1.165) is 17.1 Å². The van der Waals surface area contributed by atoms with Gasteiger partial charge in [0.1, 0.15) is 0 Å². The number of nitrogens with zero attached hydrogens (tertiary/aromatic N) is 1. The molecule has 2 heteroatoms. The zero-order chi connectivity index (χ0) is 19.3. The molecule has 0 aliphatic heterocycles. The van der Waals surface area contributed by atoms with Gasteiger partial charge in [-0.3, -0.25) is 0 Å². The third kappa shape index (κ3) is 3.77. The van der Waals surface area contributed by atoms with Gasteiger partial charge in [0.15, 0.2) is 0 Å². The van der Waals surface area contributed by atoms with E-state index in [-0.39, 0.29) is 0 Å². The lowest BCUT2D eigenvalue weighted by atomic mass is 10.1. The maximum atomic E-state index is 3.45. The fourth-order valence-electron chi connectivity index (χ4n) is 3.42. The van der Waals surface area contributed by atoms with Crippen molar-refractivity contribution in [3.05, 3.63) is 114 Å². The Morgan fingerprint density at radius 1 is 0.500 bits per heavy atom. The molecule has 0 heterocycles. The maximum absolute atomic E-state index is 3.45. The smallest absolute Gasteiger partial charge is 0.0490 e. The normalized spacial score (nSPS) is 10.5. The number of hydrogen-bond acceptors (Lipinski definition) is 2. The van der Waals surface area contributed by atoms with Gasteiger partial charge in [0.25, 0.3) is 0 Å². The standard InChI is InChI=1S/C26H24N2/c1-20-10-6-8-14-25(20)28(26-15-9-7-11-21(26)2)24-18-16-23(17-19-24)27-22-12-4-3-5-13-22/h3-19,27H,1-2H3. The van der Waals surface area contributed by atoms with E-state index in [1.165, 1.54) is 22.5 Å². The van der Waals surface area contributed by atoms with Crippen molar-refractivity contribution in [1.82, 2.24) is 0 Å². The van der Waals surface area contributed by atoms with Crippen LogP contribution in [0.1, 0.15) is 11.1 Å². The van der Waals surface area contributed by atoms with Crippen molar-refractivity contribution in [2.24, 2.45) is 0 Å². The maximum Gasteiger partial charge on any atom is 0.0490 e. The SMILES string of the molecule is Cc1ccccc1N(c1ccc(Nc2ccccc2)cc1)c1ccccc1C. The average Bonchev–Trinajstić information content (AvgIpc) is 2.73. The van der Waals surface area contributed by atoms with E-state index >= 15 is 0 Å². The molecule has 4 rings (SSSR count). The highest BCUT2D eigenvalue weighted by molar-refractivity contribution is 5.80. The van der Waals surface area contributed by atoms with Crippen LogP contribution in [0, 0.1) is 13.8 Å². The van der Waals surface area contributed by atoms with Crippen LogP contribution in [0.2, 0.25) is 0 Å². The molecule has 0 aromatic heterocycles. The Labute approximate surface area is 167 Å². The molecule has 4 aromatic rings. The van der Waals surface area contributed by atoms with E-state index in [2.05, 4.69) is 109 Å². The topological polar surface area (TPSA) is 15.3 Å². The van der Waals surface area contributed by atoms with Gasteiger partial charge in [-0.1, -0.05) is 54.6 Å². The van der Waals surface area contributed by atoms with Gasteiger partial charge in [0, 0.05) is 28.4 Å². The predicted molar refractivity (Wildman–Crippen MR) is 120 cm³/mol. The monoisotopic (exact) mass is 364 g/mol.